The van der Waals surface area contributed by atoms with E-state index in [9.17, 15) is 18.0 Å². The minimum atomic E-state index is -3.94. The smallest absolute Gasteiger partial charge is 0.325 e. The molecule has 1 aromatic heterocycles. The molecule has 0 spiro atoms. The molecule has 176 valence electrons. The molecule has 0 atom stereocenters. The van der Waals surface area contributed by atoms with Gasteiger partial charge < -0.3 is 10.6 Å². The van der Waals surface area contributed by atoms with Gasteiger partial charge in [-0.2, -0.15) is 8.42 Å². The number of amides is 1. The number of hydrogen-bond donors (Lipinski definition) is 2. The van der Waals surface area contributed by atoms with E-state index >= 15 is 0 Å². The molecule has 1 aromatic carbocycles. The normalized spacial score (nSPS) is 13.1. The summed E-state index contributed by atoms with van der Waals surface area (Å²) in [4.78, 5) is 25.6. The first-order valence-corrected chi connectivity index (χ1v) is 12.7. The maximum atomic E-state index is 12.7. The average molecular weight is 473 g/mol. The quantitative estimate of drug-likeness (QED) is 0.397. The van der Waals surface area contributed by atoms with E-state index in [0.717, 1.165) is 44.0 Å². The van der Waals surface area contributed by atoms with Gasteiger partial charge in [-0.15, -0.1) is 11.5 Å². The number of unbranched alkanes of at least 4 members (excludes halogenated alkanes) is 1. The Balaban J connectivity index is 1.80. The predicted molar refractivity (Wildman–Crippen MR) is 126 cm³/mol. The molecule has 2 N–H and O–H groups in total. The number of carbonyl (C=O) groups is 1. The Hall–Kier alpha value is -3.16. The van der Waals surface area contributed by atoms with Gasteiger partial charge in [0.2, 0.25) is 5.91 Å². The van der Waals surface area contributed by atoms with Gasteiger partial charge in [-0.05, 0) is 67.6 Å². The molecular weight excluding hydrogens is 444 g/mol. The van der Waals surface area contributed by atoms with E-state index in [-0.39, 0.29) is 5.91 Å². The molecule has 1 heterocycles. The zero-order valence-electron chi connectivity index (χ0n) is 18.6. The fraction of sp³-hybridized carbons (Fsp3) is 0.435. The highest BCUT2D eigenvalue weighted by Gasteiger charge is 2.23. The minimum absolute atomic E-state index is 0.107. The van der Waals surface area contributed by atoms with Crippen molar-refractivity contribution < 1.29 is 17.5 Å². The molecule has 0 bridgehead atoms. The Morgan fingerprint density at radius 2 is 2.00 bits per heavy atom. The van der Waals surface area contributed by atoms with Crippen molar-refractivity contribution in [1.29, 1.82) is 0 Å². The molecule has 0 fully saturated rings. The van der Waals surface area contributed by atoms with Crippen LogP contribution in [-0.4, -0.2) is 43.6 Å². The van der Waals surface area contributed by atoms with Gasteiger partial charge in [0.05, 0.1) is 18.5 Å². The molecule has 0 saturated heterocycles. The Kier molecular flexibility index (Phi) is 8.25. The standard InChI is InChI=1S/C23H28N4O5S/c1-3-14-24-15-7-6-13-21(28)25-18-10-8-9-17(16-18)22-19-11-4-5-12-20(19)23(29)27(26-22)32-33(2,30)31/h1,8-10,16,24H,4-7,11-15H2,2H3,(H,25,28). The van der Waals surface area contributed by atoms with Crippen molar-refractivity contribution in [1.82, 2.24) is 15.3 Å². The molecule has 2 aromatic rings. The highest BCUT2D eigenvalue weighted by Crippen LogP contribution is 2.29. The highest BCUT2D eigenvalue weighted by atomic mass is 32.2. The van der Waals surface area contributed by atoms with E-state index in [0.29, 0.717) is 53.2 Å². The Bertz CT molecular complexity index is 1210. The van der Waals surface area contributed by atoms with Gasteiger partial charge in [0.1, 0.15) is 0 Å². The van der Waals surface area contributed by atoms with E-state index in [4.69, 9.17) is 10.7 Å². The van der Waals surface area contributed by atoms with E-state index in [1.165, 1.54) is 0 Å². The number of nitrogens with one attached hydrogen (secondary N) is 2. The first-order chi connectivity index (χ1) is 15.8. The van der Waals surface area contributed by atoms with Crippen molar-refractivity contribution in [2.75, 3.05) is 24.7 Å². The summed E-state index contributed by atoms with van der Waals surface area (Å²) in [6, 6.07) is 7.11. The third kappa shape index (κ3) is 6.91. The minimum Gasteiger partial charge on any atom is -0.326 e. The van der Waals surface area contributed by atoms with Crippen molar-refractivity contribution in [2.45, 2.75) is 44.9 Å². The lowest BCUT2D eigenvalue weighted by Crippen LogP contribution is -2.36. The van der Waals surface area contributed by atoms with Crippen LogP contribution in [-0.2, 0) is 27.8 Å². The van der Waals surface area contributed by atoms with Crippen LogP contribution in [0.15, 0.2) is 29.1 Å². The van der Waals surface area contributed by atoms with Gasteiger partial charge in [-0.3, -0.25) is 13.9 Å². The molecule has 10 heteroatoms. The van der Waals surface area contributed by atoms with Gasteiger partial charge in [0, 0.05) is 23.2 Å². The lowest BCUT2D eigenvalue weighted by atomic mass is 9.90. The largest absolute Gasteiger partial charge is 0.326 e. The zero-order chi connectivity index (χ0) is 23.8. The van der Waals surface area contributed by atoms with Crippen molar-refractivity contribution in [3.8, 4) is 23.6 Å². The maximum absolute atomic E-state index is 12.7. The van der Waals surface area contributed by atoms with Crippen LogP contribution >= 0.6 is 0 Å². The zero-order valence-corrected chi connectivity index (χ0v) is 19.4. The van der Waals surface area contributed by atoms with E-state index in [1.54, 1.807) is 24.3 Å². The SMILES string of the molecule is C#CCNCCCCC(=O)Nc1cccc(-c2nn(OS(C)(=O)=O)c(=O)c3c2CCCC3)c1. The monoisotopic (exact) mass is 472 g/mol. The molecule has 9 nitrogen and oxygen atoms in total. The van der Waals surface area contributed by atoms with Gasteiger partial charge in [0.25, 0.3) is 0 Å². The van der Waals surface area contributed by atoms with Crippen LogP contribution < -0.4 is 20.5 Å². The van der Waals surface area contributed by atoms with Gasteiger partial charge in [-0.25, -0.2) is 0 Å². The first-order valence-electron chi connectivity index (χ1n) is 10.9. The lowest BCUT2D eigenvalue weighted by molar-refractivity contribution is -0.116. The van der Waals surface area contributed by atoms with Crippen molar-refractivity contribution in [3.05, 3.63) is 45.7 Å². The Labute approximate surface area is 193 Å². The summed E-state index contributed by atoms with van der Waals surface area (Å²) < 4.78 is 28.1. The molecule has 3 rings (SSSR count). The second-order valence-corrected chi connectivity index (χ2v) is 9.49. The first kappa shape index (κ1) is 24.5. The number of benzene rings is 1. The molecule has 0 aliphatic heterocycles. The van der Waals surface area contributed by atoms with Crippen LogP contribution in [0, 0.1) is 12.3 Å². The van der Waals surface area contributed by atoms with Crippen LogP contribution in [0.1, 0.15) is 43.2 Å². The number of nitrogens with zero attached hydrogens (tertiary/aromatic N) is 2. The summed E-state index contributed by atoms with van der Waals surface area (Å²) in [6.07, 6.45) is 10.9. The van der Waals surface area contributed by atoms with Crippen LogP contribution in [0.5, 0.6) is 0 Å². The maximum Gasteiger partial charge on any atom is 0.325 e. The number of aromatic nitrogens is 2. The van der Waals surface area contributed by atoms with Crippen LogP contribution in [0.2, 0.25) is 0 Å². The molecule has 1 aliphatic rings. The number of anilines is 1. The fourth-order valence-electron chi connectivity index (χ4n) is 3.79. The summed E-state index contributed by atoms with van der Waals surface area (Å²) in [5.74, 6) is 2.40. The molecule has 33 heavy (non-hydrogen) atoms. The van der Waals surface area contributed by atoms with Gasteiger partial charge in [-0.1, -0.05) is 18.1 Å². The summed E-state index contributed by atoms with van der Waals surface area (Å²) in [5, 5.41) is 10.2. The molecule has 0 saturated carbocycles. The molecular formula is C23H28N4O5S. The summed E-state index contributed by atoms with van der Waals surface area (Å²) >= 11 is 0. The Morgan fingerprint density at radius 3 is 2.73 bits per heavy atom. The van der Waals surface area contributed by atoms with Gasteiger partial charge >= 0.3 is 15.7 Å². The van der Waals surface area contributed by atoms with Crippen molar-refractivity contribution >= 4 is 21.7 Å². The number of rotatable bonds is 10. The molecule has 1 aliphatic carbocycles. The highest BCUT2D eigenvalue weighted by molar-refractivity contribution is 7.86. The van der Waals surface area contributed by atoms with Crippen molar-refractivity contribution in [2.24, 2.45) is 0 Å². The summed E-state index contributed by atoms with van der Waals surface area (Å²) in [7, 11) is -3.94. The van der Waals surface area contributed by atoms with Crippen LogP contribution in [0.4, 0.5) is 5.69 Å². The average Bonchev–Trinajstić information content (AvgIpc) is 2.77. The number of terminal acetylenes is 1. The molecule has 1 amide bonds. The lowest BCUT2D eigenvalue weighted by Gasteiger charge is -2.20. The molecule has 0 radical (unpaired) electrons. The Morgan fingerprint density at radius 1 is 1.24 bits per heavy atom. The summed E-state index contributed by atoms with van der Waals surface area (Å²) in [5.41, 5.74) is 2.49. The predicted octanol–water partition coefficient (Wildman–Crippen LogP) is 1.51. The van der Waals surface area contributed by atoms with E-state index in [1.807, 2.05) is 0 Å². The number of fused-ring (bicyclic) bond motifs is 1. The molecule has 0 unspecified atom stereocenters. The van der Waals surface area contributed by atoms with Gasteiger partial charge in [0.15, 0.2) is 0 Å². The summed E-state index contributed by atoms with van der Waals surface area (Å²) in [6.45, 7) is 1.27. The second-order valence-electron chi connectivity index (χ2n) is 7.94. The number of carbonyl (C=O) groups excluding carboxylic acids is 1. The third-order valence-electron chi connectivity index (χ3n) is 5.24. The van der Waals surface area contributed by atoms with E-state index < -0.39 is 15.7 Å². The number of hydrogen-bond acceptors (Lipinski definition) is 7. The third-order valence-corrected chi connectivity index (χ3v) is 5.65. The van der Waals surface area contributed by atoms with Crippen LogP contribution in [0.25, 0.3) is 11.3 Å². The van der Waals surface area contributed by atoms with E-state index in [2.05, 4.69) is 21.7 Å². The van der Waals surface area contributed by atoms with Crippen LogP contribution in [0.3, 0.4) is 0 Å². The fourth-order valence-corrected chi connectivity index (χ4v) is 4.15. The topological polar surface area (TPSA) is 119 Å². The van der Waals surface area contributed by atoms with Crippen molar-refractivity contribution in [3.63, 3.8) is 0 Å². The second kappa shape index (κ2) is 11.1.